The van der Waals surface area contributed by atoms with E-state index in [9.17, 15) is 33.1 Å². The van der Waals surface area contributed by atoms with Gasteiger partial charge in [-0.25, -0.2) is 4.18 Å². The minimum atomic E-state index is -5.07. The van der Waals surface area contributed by atoms with Crippen molar-refractivity contribution >= 4 is 16.4 Å². The quantitative estimate of drug-likeness (QED) is 0.0197. The molecule has 0 aliphatic carbocycles. The molecular formula is C52H88O12S. The van der Waals surface area contributed by atoms with Gasteiger partial charge < -0.3 is 34.3 Å². The lowest BCUT2D eigenvalue weighted by atomic mass is 9.99. The van der Waals surface area contributed by atoms with Crippen molar-refractivity contribution in [3.8, 4) is 0 Å². The zero-order valence-corrected chi connectivity index (χ0v) is 40.8. The Morgan fingerprint density at radius 1 is 0.600 bits per heavy atom. The highest BCUT2D eigenvalue weighted by Crippen LogP contribution is 2.26. The van der Waals surface area contributed by atoms with E-state index >= 15 is 0 Å². The fraction of sp³-hybridized carbons (Fsp3) is 0.712. The second kappa shape index (κ2) is 42.6. The Morgan fingerprint density at radius 2 is 1.06 bits per heavy atom. The number of aliphatic hydroxyl groups is 3. The summed E-state index contributed by atoms with van der Waals surface area (Å²) < 4.78 is 59.1. The summed E-state index contributed by atoms with van der Waals surface area (Å²) in [7, 11) is -5.07. The van der Waals surface area contributed by atoms with Gasteiger partial charge in [-0.05, 0) is 89.9 Å². The van der Waals surface area contributed by atoms with Gasteiger partial charge in [-0.1, -0.05) is 163 Å². The van der Waals surface area contributed by atoms with Gasteiger partial charge in [-0.2, -0.15) is 8.42 Å². The molecule has 0 amide bonds. The first-order valence-corrected chi connectivity index (χ1v) is 26.2. The first-order valence-electron chi connectivity index (χ1n) is 24.8. The van der Waals surface area contributed by atoms with Crippen molar-refractivity contribution in [2.24, 2.45) is 0 Å². The summed E-state index contributed by atoms with van der Waals surface area (Å²) in [6.45, 7) is 3.79. The molecule has 1 saturated heterocycles. The standard InChI is InChI=1S/C52H88O12S/c1-3-5-7-9-11-13-15-17-19-20-21-22-23-24-25-26-27-28-30-32-34-36-38-40-42-60-44-46(45-61-52-50(56)51(64-65(57,58)59)49(55)47(43-53)63-52)62-48(54)41-39-37-35-33-31-29-18-16-14-12-10-8-6-4-2/h5,7,11,13,16-19,21-22,24-25,27-28,46-47,49-53,55-56H,3-4,6,8-10,12,14-15,20,23,26,29-45H2,1-2H3,(H,57,58,59)/b7-5-,13-11-,18-16-,19-17-,22-21-,25-24-,28-27-. The Morgan fingerprint density at radius 3 is 1.57 bits per heavy atom. The van der Waals surface area contributed by atoms with Crippen LogP contribution in [0.25, 0.3) is 0 Å². The van der Waals surface area contributed by atoms with Crippen molar-refractivity contribution in [2.75, 3.05) is 26.4 Å². The minimum absolute atomic E-state index is 0.0144. The van der Waals surface area contributed by atoms with E-state index in [4.69, 9.17) is 18.9 Å². The van der Waals surface area contributed by atoms with Crippen LogP contribution in [-0.2, 0) is 38.3 Å². The minimum Gasteiger partial charge on any atom is -0.457 e. The van der Waals surface area contributed by atoms with Gasteiger partial charge in [0.05, 0.1) is 19.8 Å². The molecule has 0 saturated carbocycles. The highest BCUT2D eigenvalue weighted by molar-refractivity contribution is 7.80. The average Bonchev–Trinajstić information content (AvgIpc) is 3.28. The summed E-state index contributed by atoms with van der Waals surface area (Å²) in [5.41, 5.74) is 0. The first-order chi connectivity index (χ1) is 31.6. The van der Waals surface area contributed by atoms with Crippen molar-refractivity contribution in [1.29, 1.82) is 0 Å². The van der Waals surface area contributed by atoms with Crippen LogP contribution in [0, 0.1) is 0 Å². The lowest BCUT2D eigenvalue weighted by Gasteiger charge is -2.41. The fourth-order valence-corrected chi connectivity index (χ4v) is 7.53. The predicted molar refractivity (Wildman–Crippen MR) is 262 cm³/mol. The molecule has 0 bridgehead atoms. The van der Waals surface area contributed by atoms with Crippen LogP contribution in [0.4, 0.5) is 0 Å². The Hall–Kier alpha value is -2.72. The monoisotopic (exact) mass is 937 g/mol. The maximum Gasteiger partial charge on any atom is 0.397 e. The second-order valence-corrected chi connectivity index (χ2v) is 17.7. The third kappa shape index (κ3) is 36.1. The molecule has 1 fully saturated rings. The number of allylic oxidation sites excluding steroid dienone is 14. The Bertz CT molecular complexity index is 1450. The summed E-state index contributed by atoms with van der Waals surface area (Å²) in [6, 6.07) is 0. The zero-order valence-electron chi connectivity index (χ0n) is 40.0. The average molecular weight is 937 g/mol. The van der Waals surface area contributed by atoms with E-state index in [1.807, 2.05) is 0 Å². The van der Waals surface area contributed by atoms with Crippen LogP contribution < -0.4 is 0 Å². The normalized spacial score (nSPS) is 20.4. The third-order valence-electron chi connectivity index (χ3n) is 10.8. The number of ether oxygens (including phenoxy) is 4. The maximum atomic E-state index is 12.9. The number of carbonyl (C=O) groups is 1. The van der Waals surface area contributed by atoms with Crippen molar-refractivity contribution in [3.63, 3.8) is 0 Å². The second-order valence-electron chi connectivity index (χ2n) is 16.7. The van der Waals surface area contributed by atoms with Crippen molar-refractivity contribution < 1.29 is 56.2 Å². The lowest BCUT2D eigenvalue weighted by Crippen LogP contribution is -2.60. The summed E-state index contributed by atoms with van der Waals surface area (Å²) in [4.78, 5) is 12.9. The van der Waals surface area contributed by atoms with E-state index in [0.717, 1.165) is 116 Å². The van der Waals surface area contributed by atoms with Gasteiger partial charge in [-0.15, -0.1) is 0 Å². The smallest absolute Gasteiger partial charge is 0.397 e. The van der Waals surface area contributed by atoms with Crippen LogP contribution in [0.15, 0.2) is 85.1 Å². The molecule has 65 heavy (non-hydrogen) atoms. The van der Waals surface area contributed by atoms with Crippen LogP contribution in [0.1, 0.15) is 174 Å². The number of esters is 1. The van der Waals surface area contributed by atoms with E-state index in [2.05, 4.69) is 103 Å². The van der Waals surface area contributed by atoms with E-state index in [-0.39, 0.29) is 19.6 Å². The van der Waals surface area contributed by atoms with E-state index in [0.29, 0.717) is 13.0 Å². The van der Waals surface area contributed by atoms with Gasteiger partial charge in [0.25, 0.3) is 0 Å². The van der Waals surface area contributed by atoms with Crippen LogP contribution in [0.5, 0.6) is 0 Å². The van der Waals surface area contributed by atoms with Gasteiger partial charge in [0.15, 0.2) is 6.29 Å². The maximum absolute atomic E-state index is 12.9. The highest BCUT2D eigenvalue weighted by atomic mass is 32.3. The molecule has 1 aliphatic heterocycles. The van der Waals surface area contributed by atoms with E-state index < -0.39 is 59.8 Å². The summed E-state index contributed by atoms with van der Waals surface area (Å²) in [6.07, 6.45) is 47.6. The van der Waals surface area contributed by atoms with E-state index in [1.165, 1.54) is 32.1 Å². The summed E-state index contributed by atoms with van der Waals surface area (Å²) >= 11 is 0. The van der Waals surface area contributed by atoms with Gasteiger partial charge in [0, 0.05) is 13.0 Å². The van der Waals surface area contributed by atoms with Crippen LogP contribution >= 0.6 is 0 Å². The number of hydrogen-bond donors (Lipinski definition) is 4. The predicted octanol–water partition coefficient (Wildman–Crippen LogP) is 11.2. The Balaban J connectivity index is 2.39. The number of rotatable bonds is 42. The molecule has 1 aliphatic rings. The molecule has 0 radical (unpaired) electrons. The highest BCUT2D eigenvalue weighted by Gasteiger charge is 2.48. The zero-order chi connectivity index (χ0) is 47.5. The molecule has 6 unspecified atom stereocenters. The number of hydrogen-bond acceptors (Lipinski definition) is 11. The SMILES string of the molecule is CC/C=C\C/C=C\C/C=C\C/C=C\C/C=C\C/C=C\CCCCCCCOCC(COC1OC(CO)C(O)C(OS(=O)(=O)O)C1O)OC(=O)CCCCCCC/C=C\CCCCCCC. The molecule has 0 aromatic rings. The van der Waals surface area contributed by atoms with Crippen LogP contribution in [0.3, 0.4) is 0 Å². The molecule has 4 N–H and O–H groups in total. The topological polar surface area (TPSA) is 178 Å². The van der Waals surface area contributed by atoms with Crippen molar-refractivity contribution in [2.45, 2.75) is 211 Å². The van der Waals surface area contributed by atoms with Gasteiger partial charge >= 0.3 is 16.4 Å². The van der Waals surface area contributed by atoms with Gasteiger partial charge in [-0.3, -0.25) is 9.35 Å². The van der Waals surface area contributed by atoms with Crippen LogP contribution in [0.2, 0.25) is 0 Å². The number of unbranched alkanes of at least 4 members (excludes halogenated alkanes) is 15. The molecule has 0 aromatic carbocycles. The fourth-order valence-electron chi connectivity index (χ4n) is 7.02. The van der Waals surface area contributed by atoms with E-state index in [1.54, 1.807) is 0 Å². The first kappa shape index (κ1) is 60.3. The molecule has 1 rings (SSSR count). The summed E-state index contributed by atoms with van der Waals surface area (Å²) in [5, 5.41) is 30.7. The Labute approximate surface area is 393 Å². The third-order valence-corrected chi connectivity index (χ3v) is 11.2. The molecular weight excluding hydrogens is 849 g/mol. The van der Waals surface area contributed by atoms with Crippen molar-refractivity contribution in [1.82, 2.24) is 0 Å². The van der Waals surface area contributed by atoms with Gasteiger partial charge in [0.2, 0.25) is 0 Å². The molecule has 12 nitrogen and oxygen atoms in total. The number of carbonyl (C=O) groups excluding carboxylic acids is 1. The molecule has 6 atom stereocenters. The number of aliphatic hydroxyl groups excluding tert-OH is 3. The molecule has 0 spiro atoms. The molecule has 374 valence electrons. The summed E-state index contributed by atoms with van der Waals surface area (Å²) in [5.74, 6) is -0.419. The molecule has 13 heteroatoms. The van der Waals surface area contributed by atoms with Gasteiger partial charge in [0.1, 0.15) is 30.5 Å². The Kier molecular flexibility index (Phi) is 39.5. The molecule has 1 heterocycles. The largest absolute Gasteiger partial charge is 0.457 e. The van der Waals surface area contributed by atoms with Crippen LogP contribution in [-0.4, -0.2) is 97.5 Å². The molecule has 0 aromatic heterocycles. The van der Waals surface area contributed by atoms with Crippen molar-refractivity contribution in [3.05, 3.63) is 85.1 Å². The lowest BCUT2D eigenvalue weighted by molar-refractivity contribution is -0.301.